The molecule has 2 aromatic heterocycles. The van der Waals surface area contributed by atoms with Gasteiger partial charge < -0.3 is 4.90 Å². The first-order valence-corrected chi connectivity index (χ1v) is 7.60. The van der Waals surface area contributed by atoms with E-state index >= 15 is 0 Å². The lowest BCUT2D eigenvalue weighted by Gasteiger charge is -2.17. The summed E-state index contributed by atoms with van der Waals surface area (Å²) >= 11 is 0. The molecule has 0 amide bonds. The third-order valence-electron chi connectivity index (χ3n) is 3.34. The van der Waals surface area contributed by atoms with Crippen LogP contribution in [0.2, 0.25) is 0 Å². The Morgan fingerprint density at radius 1 is 1.36 bits per heavy atom. The monoisotopic (exact) mass is 296 g/mol. The maximum Gasteiger partial charge on any atom is 0.154 e. The van der Waals surface area contributed by atoms with Crippen molar-refractivity contribution in [2.45, 2.75) is 27.2 Å². The van der Waals surface area contributed by atoms with E-state index in [1.165, 1.54) is 5.57 Å². The Morgan fingerprint density at radius 2 is 2.14 bits per heavy atom. The first-order valence-electron chi connectivity index (χ1n) is 7.60. The molecule has 2 rings (SSSR count). The number of aromatic nitrogens is 3. The summed E-state index contributed by atoms with van der Waals surface area (Å²) in [6, 6.07) is 4.02. The number of hydrogen-bond acceptors (Lipinski definition) is 3. The number of allylic oxidation sites excluding steroid dienone is 5. The summed E-state index contributed by atoms with van der Waals surface area (Å²) < 4.78 is 1.90. The van der Waals surface area contributed by atoms with Gasteiger partial charge >= 0.3 is 0 Å². The number of rotatable bonds is 6. The van der Waals surface area contributed by atoms with Crippen molar-refractivity contribution in [2.24, 2.45) is 0 Å². The number of imidazole rings is 1. The van der Waals surface area contributed by atoms with Gasteiger partial charge in [-0.2, -0.15) is 0 Å². The SMILES string of the molecule is C=C/C=C(\C=C(C)C)c1cnc2ccc(N(C)CCC)nn12. The predicted octanol–water partition coefficient (Wildman–Crippen LogP) is 4.11. The largest absolute Gasteiger partial charge is 0.358 e. The summed E-state index contributed by atoms with van der Waals surface area (Å²) in [7, 11) is 2.06. The normalized spacial score (nSPS) is 11.5. The molecule has 2 aromatic rings. The Balaban J connectivity index is 2.54. The van der Waals surface area contributed by atoms with Crippen molar-refractivity contribution in [3.8, 4) is 0 Å². The molecule has 22 heavy (non-hydrogen) atoms. The molecule has 0 spiro atoms. The van der Waals surface area contributed by atoms with Crippen LogP contribution < -0.4 is 4.90 Å². The van der Waals surface area contributed by atoms with Crippen LogP contribution in [0.4, 0.5) is 5.82 Å². The van der Waals surface area contributed by atoms with E-state index in [-0.39, 0.29) is 0 Å². The highest BCUT2D eigenvalue weighted by Crippen LogP contribution is 2.20. The van der Waals surface area contributed by atoms with Gasteiger partial charge in [-0.25, -0.2) is 9.50 Å². The Kier molecular flexibility index (Phi) is 5.15. The summed E-state index contributed by atoms with van der Waals surface area (Å²) in [5.74, 6) is 0.948. The second-order valence-corrected chi connectivity index (χ2v) is 5.61. The fraction of sp³-hybridized carbons (Fsp3) is 0.333. The average Bonchev–Trinajstić information content (AvgIpc) is 2.89. The van der Waals surface area contributed by atoms with Crippen molar-refractivity contribution in [1.82, 2.24) is 14.6 Å². The van der Waals surface area contributed by atoms with Gasteiger partial charge in [0.15, 0.2) is 5.65 Å². The van der Waals surface area contributed by atoms with Crippen molar-refractivity contribution in [2.75, 3.05) is 18.5 Å². The number of fused-ring (bicyclic) bond motifs is 1. The Bertz CT molecular complexity index is 718. The lowest BCUT2D eigenvalue weighted by atomic mass is 10.1. The van der Waals surface area contributed by atoms with E-state index < -0.39 is 0 Å². The zero-order chi connectivity index (χ0) is 16.1. The van der Waals surface area contributed by atoms with Crippen LogP contribution in [0.25, 0.3) is 11.2 Å². The third-order valence-corrected chi connectivity index (χ3v) is 3.34. The number of nitrogens with zero attached hydrogens (tertiary/aromatic N) is 4. The Hall–Kier alpha value is -2.36. The van der Waals surface area contributed by atoms with Crippen LogP contribution in [0.3, 0.4) is 0 Å². The molecule has 4 heteroatoms. The summed E-state index contributed by atoms with van der Waals surface area (Å²) in [6.45, 7) is 11.1. The van der Waals surface area contributed by atoms with E-state index in [0.717, 1.165) is 35.7 Å². The molecule has 0 fully saturated rings. The first-order chi connectivity index (χ1) is 10.6. The maximum atomic E-state index is 4.74. The predicted molar refractivity (Wildman–Crippen MR) is 94.2 cm³/mol. The van der Waals surface area contributed by atoms with Gasteiger partial charge in [-0.15, -0.1) is 5.10 Å². The second kappa shape index (κ2) is 7.07. The summed E-state index contributed by atoms with van der Waals surface area (Å²) in [4.78, 5) is 6.61. The van der Waals surface area contributed by atoms with Crippen LogP contribution in [0.1, 0.15) is 32.9 Å². The molecule has 0 unspecified atom stereocenters. The summed E-state index contributed by atoms with van der Waals surface area (Å²) in [5.41, 5.74) is 4.11. The zero-order valence-electron chi connectivity index (χ0n) is 13.9. The second-order valence-electron chi connectivity index (χ2n) is 5.61. The molecule has 0 aliphatic carbocycles. The molecule has 0 atom stereocenters. The van der Waals surface area contributed by atoms with Crippen molar-refractivity contribution in [3.05, 3.63) is 54.4 Å². The lowest BCUT2D eigenvalue weighted by Crippen LogP contribution is -2.20. The standard InChI is InChI=1S/C18H24N4/c1-6-8-15(12-14(3)4)16-13-19-17-9-10-18(20-22(16)17)21(5)11-7-2/h6,8-10,12-13H,1,7,11H2,2-5H3/b15-8+. The van der Waals surface area contributed by atoms with Crippen LogP contribution in [0.5, 0.6) is 0 Å². The fourth-order valence-electron chi connectivity index (χ4n) is 2.36. The smallest absolute Gasteiger partial charge is 0.154 e. The van der Waals surface area contributed by atoms with Crippen LogP contribution in [0.15, 0.2) is 48.7 Å². The average molecular weight is 296 g/mol. The topological polar surface area (TPSA) is 33.4 Å². The number of anilines is 1. The van der Waals surface area contributed by atoms with E-state index in [2.05, 4.69) is 50.4 Å². The molecular formula is C18H24N4. The third kappa shape index (κ3) is 3.45. The number of hydrogen-bond donors (Lipinski definition) is 0. The van der Waals surface area contributed by atoms with Gasteiger partial charge in [0.05, 0.1) is 11.9 Å². The molecular weight excluding hydrogens is 272 g/mol. The van der Waals surface area contributed by atoms with Crippen molar-refractivity contribution in [3.63, 3.8) is 0 Å². The first kappa shape index (κ1) is 16.0. The van der Waals surface area contributed by atoms with Gasteiger partial charge in [0.25, 0.3) is 0 Å². The highest BCUT2D eigenvalue weighted by atomic mass is 15.3. The molecule has 0 radical (unpaired) electrons. The van der Waals surface area contributed by atoms with Crippen LogP contribution >= 0.6 is 0 Å². The Morgan fingerprint density at radius 3 is 2.77 bits per heavy atom. The van der Waals surface area contributed by atoms with Gasteiger partial charge in [0, 0.05) is 19.2 Å². The molecule has 4 nitrogen and oxygen atoms in total. The molecule has 0 saturated carbocycles. The molecule has 0 aliphatic heterocycles. The van der Waals surface area contributed by atoms with E-state index in [9.17, 15) is 0 Å². The van der Waals surface area contributed by atoms with Gasteiger partial charge in [0.2, 0.25) is 0 Å². The minimum atomic E-state index is 0.848. The van der Waals surface area contributed by atoms with Gasteiger partial charge in [-0.1, -0.05) is 37.3 Å². The molecule has 116 valence electrons. The van der Waals surface area contributed by atoms with Crippen molar-refractivity contribution < 1.29 is 0 Å². The fourth-order valence-corrected chi connectivity index (χ4v) is 2.36. The van der Waals surface area contributed by atoms with Crippen molar-refractivity contribution in [1.29, 1.82) is 0 Å². The van der Waals surface area contributed by atoms with E-state index in [1.807, 2.05) is 28.9 Å². The highest BCUT2D eigenvalue weighted by Gasteiger charge is 2.10. The van der Waals surface area contributed by atoms with Gasteiger partial charge in [-0.3, -0.25) is 0 Å². The highest BCUT2D eigenvalue weighted by molar-refractivity contribution is 5.75. The molecule has 0 aliphatic rings. The minimum absolute atomic E-state index is 0.848. The van der Waals surface area contributed by atoms with E-state index in [4.69, 9.17) is 5.10 Å². The van der Waals surface area contributed by atoms with Crippen LogP contribution in [-0.2, 0) is 0 Å². The lowest BCUT2D eigenvalue weighted by molar-refractivity contribution is 0.806. The van der Waals surface area contributed by atoms with Crippen LogP contribution in [0, 0.1) is 0 Å². The molecule has 2 heterocycles. The quantitative estimate of drug-likeness (QED) is 0.752. The summed E-state index contributed by atoms with van der Waals surface area (Å²) in [5, 5.41) is 4.74. The zero-order valence-corrected chi connectivity index (χ0v) is 13.9. The van der Waals surface area contributed by atoms with Crippen molar-refractivity contribution >= 4 is 17.0 Å². The molecule has 0 N–H and O–H groups in total. The van der Waals surface area contributed by atoms with Crippen LogP contribution in [-0.4, -0.2) is 28.2 Å². The van der Waals surface area contributed by atoms with Gasteiger partial charge in [0.1, 0.15) is 5.82 Å². The Labute approximate surface area is 132 Å². The minimum Gasteiger partial charge on any atom is -0.358 e. The van der Waals surface area contributed by atoms with E-state index in [0.29, 0.717) is 0 Å². The molecule has 0 saturated heterocycles. The van der Waals surface area contributed by atoms with E-state index in [1.54, 1.807) is 6.08 Å². The maximum absolute atomic E-state index is 4.74. The summed E-state index contributed by atoms with van der Waals surface area (Å²) in [6.07, 6.45) is 8.85. The molecule has 0 bridgehead atoms. The molecule has 0 aromatic carbocycles. The van der Waals surface area contributed by atoms with Gasteiger partial charge in [-0.05, 0) is 32.4 Å².